The minimum absolute atomic E-state index is 0.0108. The molecule has 1 unspecified atom stereocenters. The molecule has 14 nitrogen and oxygen atoms in total. The van der Waals surface area contributed by atoms with Crippen LogP contribution in [0.1, 0.15) is 11.7 Å². The van der Waals surface area contributed by atoms with Gasteiger partial charge in [0.25, 0.3) is 0 Å². The van der Waals surface area contributed by atoms with Crippen LogP contribution in [0.25, 0.3) is 11.0 Å². The number of benzene rings is 1. The smallest absolute Gasteiger partial charge is 0.187 e. The van der Waals surface area contributed by atoms with Crippen LogP contribution in [0.2, 0.25) is 0 Å². The highest BCUT2D eigenvalue weighted by Gasteiger charge is 2.47. The molecule has 0 saturated carbocycles. The highest BCUT2D eigenvalue weighted by atomic mass is 16.7. The average Bonchev–Trinajstić information content (AvgIpc) is 3.34. The van der Waals surface area contributed by atoms with E-state index in [1.54, 1.807) is 24.5 Å². The molecule has 10 N–H and O–H groups in total. The van der Waals surface area contributed by atoms with Gasteiger partial charge >= 0.3 is 0 Å². The first-order valence-electron chi connectivity index (χ1n) is 11.2. The van der Waals surface area contributed by atoms with E-state index in [-0.39, 0.29) is 6.54 Å². The third kappa shape index (κ3) is 5.34. The number of nitrogens with zero attached hydrogens (tertiary/aromatic N) is 1. The number of aliphatic hydroxyl groups is 7. The number of aromatic amines is 1. The number of hydrogen-bond donors (Lipinski definition) is 9. The average molecular weight is 501 g/mol. The first-order chi connectivity index (χ1) is 16.7. The van der Waals surface area contributed by atoms with E-state index in [0.29, 0.717) is 5.56 Å². The highest BCUT2D eigenvalue weighted by Crippen LogP contribution is 2.29. The second-order valence-electron chi connectivity index (χ2n) is 8.58. The van der Waals surface area contributed by atoms with Gasteiger partial charge in [0.2, 0.25) is 0 Å². The van der Waals surface area contributed by atoms with Gasteiger partial charge in [-0.3, -0.25) is 0 Å². The van der Waals surface area contributed by atoms with Gasteiger partial charge in [-0.2, -0.15) is 0 Å². The Balaban J connectivity index is 1.43. The van der Waals surface area contributed by atoms with Gasteiger partial charge in [0, 0.05) is 6.54 Å². The number of nitrogens with one attached hydrogen (secondary N) is 1. The van der Waals surface area contributed by atoms with E-state index in [0.717, 1.165) is 11.0 Å². The second-order valence-corrected chi connectivity index (χ2v) is 8.58. The zero-order chi connectivity index (χ0) is 25.3. The first kappa shape index (κ1) is 26.3. The van der Waals surface area contributed by atoms with Crippen molar-refractivity contribution in [3.63, 3.8) is 0 Å². The van der Waals surface area contributed by atoms with Crippen LogP contribution in [0.15, 0.2) is 24.5 Å². The summed E-state index contributed by atoms with van der Waals surface area (Å²) in [5.41, 5.74) is 8.02. The van der Waals surface area contributed by atoms with Crippen molar-refractivity contribution >= 4 is 11.0 Å². The van der Waals surface area contributed by atoms with Crippen molar-refractivity contribution < 1.29 is 54.7 Å². The summed E-state index contributed by atoms with van der Waals surface area (Å²) in [6, 6.07) is 5.29. The standard InChI is InChI=1S/C21H31N3O11/c22-4-11(8-1-2-9-10(3-8)24-7-23-9)33-21-19(31)17(29)15(27)13(35-21)6-32-20-18(30)16(28)14(26)12(5-25)34-20/h1-3,7,11-21,25-31H,4-6,22H2,(H,23,24)/t11?,12-,13-,14-,15-,16+,17+,18-,19-,20-,21-/m1/s1. The minimum atomic E-state index is -1.66. The molecule has 2 aromatic rings. The maximum atomic E-state index is 10.4. The van der Waals surface area contributed by atoms with E-state index in [1.807, 2.05) is 0 Å². The van der Waals surface area contributed by atoms with Crippen LogP contribution in [0.3, 0.4) is 0 Å². The van der Waals surface area contributed by atoms with Gasteiger partial charge in [-0.1, -0.05) is 6.07 Å². The van der Waals surface area contributed by atoms with E-state index >= 15 is 0 Å². The predicted molar refractivity (Wildman–Crippen MR) is 115 cm³/mol. The summed E-state index contributed by atoms with van der Waals surface area (Å²) in [6.45, 7) is -1.09. The lowest BCUT2D eigenvalue weighted by molar-refractivity contribution is -0.335. The van der Waals surface area contributed by atoms with Crippen molar-refractivity contribution in [3.8, 4) is 0 Å². The maximum absolute atomic E-state index is 10.4. The molecule has 3 heterocycles. The number of imidazole rings is 1. The Bertz CT molecular complexity index is 961. The number of rotatable bonds is 8. The molecule has 1 aromatic carbocycles. The van der Waals surface area contributed by atoms with E-state index in [1.165, 1.54) is 0 Å². The van der Waals surface area contributed by atoms with Crippen molar-refractivity contribution in [2.45, 2.75) is 67.5 Å². The highest BCUT2D eigenvalue weighted by molar-refractivity contribution is 5.75. The lowest BCUT2D eigenvalue weighted by atomic mass is 9.98. The zero-order valence-corrected chi connectivity index (χ0v) is 18.6. The van der Waals surface area contributed by atoms with Crippen LogP contribution in [0.4, 0.5) is 0 Å². The number of nitrogens with two attached hydrogens (primary N) is 1. The Kier molecular flexibility index (Phi) is 8.32. The predicted octanol–water partition coefficient (Wildman–Crippen LogP) is -3.80. The third-order valence-corrected chi connectivity index (χ3v) is 6.27. The topological polar surface area (TPSA) is 233 Å². The summed E-state index contributed by atoms with van der Waals surface area (Å²) >= 11 is 0. The van der Waals surface area contributed by atoms with Crippen LogP contribution < -0.4 is 5.73 Å². The quantitative estimate of drug-likeness (QED) is 0.169. The lowest BCUT2D eigenvalue weighted by Crippen LogP contribution is -2.61. The van der Waals surface area contributed by atoms with Gasteiger partial charge < -0.3 is 65.4 Å². The van der Waals surface area contributed by atoms with Crippen LogP contribution in [-0.4, -0.2) is 127 Å². The molecule has 1 aromatic heterocycles. The Morgan fingerprint density at radius 1 is 0.914 bits per heavy atom. The van der Waals surface area contributed by atoms with Gasteiger partial charge in [-0.25, -0.2) is 4.98 Å². The Hall–Kier alpha value is -1.79. The van der Waals surface area contributed by atoms with Gasteiger partial charge in [0.15, 0.2) is 12.6 Å². The summed E-state index contributed by atoms with van der Waals surface area (Å²) < 4.78 is 22.2. The van der Waals surface area contributed by atoms with E-state index in [2.05, 4.69) is 9.97 Å². The molecular weight excluding hydrogens is 470 g/mol. The Labute approximate surface area is 199 Å². The summed E-state index contributed by atoms with van der Waals surface area (Å²) in [5, 5.41) is 70.4. The first-order valence-corrected chi connectivity index (χ1v) is 11.2. The van der Waals surface area contributed by atoms with Crippen molar-refractivity contribution in [2.24, 2.45) is 5.73 Å². The van der Waals surface area contributed by atoms with Gasteiger partial charge in [-0.15, -0.1) is 0 Å². The van der Waals surface area contributed by atoms with E-state index < -0.39 is 80.7 Å². The molecule has 35 heavy (non-hydrogen) atoms. The molecule has 2 saturated heterocycles. The molecule has 14 heteroatoms. The molecule has 4 rings (SSSR count). The number of fused-ring (bicyclic) bond motifs is 1. The molecule has 0 aliphatic carbocycles. The SMILES string of the molecule is NCC(O[C@@H]1O[C@H](CO[C@@H]2O[C@H](CO)[C@@H](O)[C@H](O)[C@H]2O)[C@@H](O)[C@H](O)[C@H]1O)c1ccc2nc[nH]c2c1. The van der Waals surface area contributed by atoms with Crippen LogP contribution in [0, 0.1) is 0 Å². The number of aromatic nitrogens is 2. The maximum Gasteiger partial charge on any atom is 0.187 e. The molecule has 11 atom stereocenters. The number of aliphatic hydroxyl groups excluding tert-OH is 7. The largest absolute Gasteiger partial charge is 0.394 e. The van der Waals surface area contributed by atoms with Crippen molar-refractivity contribution in [3.05, 3.63) is 30.1 Å². The lowest BCUT2D eigenvalue weighted by Gasteiger charge is -2.43. The fourth-order valence-corrected chi connectivity index (χ4v) is 4.15. The second kappa shape index (κ2) is 11.1. The molecule has 2 aliphatic heterocycles. The molecule has 0 bridgehead atoms. The molecule has 196 valence electrons. The number of hydrogen-bond acceptors (Lipinski definition) is 13. The van der Waals surface area contributed by atoms with Crippen molar-refractivity contribution in [1.82, 2.24) is 9.97 Å². The number of ether oxygens (including phenoxy) is 4. The third-order valence-electron chi connectivity index (χ3n) is 6.27. The minimum Gasteiger partial charge on any atom is -0.394 e. The summed E-state index contributed by atoms with van der Waals surface area (Å²) in [6.07, 6.45) is -14.2. The van der Waals surface area contributed by atoms with Crippen LogP contribution >= 0.6 is 0 Å². The van der Waals surface area contributed by atoms with E-state index in [9.17, 15) is 35.7 Å². The van der Waals surface area contributed by atoms with E-state index in [4.69, 9.17) is 24.7 Å². The molecule has 0 radical (unpaired) electrons. The summed E-state index contributed by atoms with van der Waals surface area (Å²) in [4.78, 5) is 7.12. The summed E-state index contributed by atoms with van der Waals surface area (Å²) in [5.74, 6) is 0. The molecular formula is C21H31N3O11. The van der Waals surface area contributed by atoms with Gasteiger partial charge in [0.1, 0.15) is 48.8 Å². The molecule has 0 spiro atoms. The van der Waals surface area contributed by atoms with Gasteiger partial charge in [0.05, 0.1) is 36.7 Å². The van der Waals surface area contributed by atoms with Crippen molar-refractivity contribution in [2.75, 3.05) is 19.8 Å². The Morgan fingerprint density at radius 3 is 2.26 bits per heavy atom. The monoisotopic (exact) mass is 501 g/mol. The Morgan fingerprint density at radius 2 is 1.57 bits per heavy atom. The fraction of sp³-hybridized carbons (Fsp3) is 0.667. The fourth-order valence-electron chi connectivity index (χ4n) is 4.15. The molecule has 2 aliphatic rings. The zero-order valence-electron chi connectivity index (χ0n) is 18.6. The molecule has 2 fully saturated rings. The summed E-state index contributed by atoms with van der Waals surface area (Å²) in [7, 11) is 0. The van der Waals surface area contributed by atoms with Crippen molar-refractivity contribution in [1.29, 1.82) is 0 Å². The van der Waals surface area contributed by atoms with Crippen LogP contribution in [-0.2, 0) is 18.9 Å². The number of H-pyrrole nitrogens is 1. The van der Waals surface area contributed by atoms with Crippen LogP contribution in [0.5, 0.6) is 0 Å². The molecule has 0 amide bonds. The normalized spacial score (nSPS) is 39.1. The van der Waals surface area contributed by atoms with Gasteiger partial charge in [-0.05, 0) is 17.7 Å².